The van der Waals surface area contributed by atoms with Crippen molar-refractivity contribution in [3.8, 4) is 6.07 Å². The minimum Gasteiger partial charge on any atom is -0.396 e. The van der Waals surface area contributed by atoms with Gasteiger partial charge in [-0.1, -0.05) is 0 Å². The van der Waals surface area contributed by atoms with Gasteiger partial charge in [-0.3, -0.25) is 3.93 Å². The molecule has 1 aromatic heterocycles. The van der Waals surface area contributed by atoms with Crippen LogP contribution in [0.4, 0.5) is 0 Å². The Morgan fingerprint density at radius 2 is 2.46 bits per heavy atom. The van der Waals surface area contributed by atoms with Gasteiger partial charge in [0.1, 0.15) is 11.8 Å². The Labute approximate surface area is 84.0 Å². The lowest BCUT2D eigenvalue weighted by molar-refractivity contribution is 0.589. The van der Waals surface area contributed by atoms with Crippen molar-refractivity contribution in [3.05, 3.63) is 29.2 Å². The molecule has 1 aliphatic heterocycles. The van der Waals surface area contributed by atoms with E-state index in [9.17, 15) is 0 Å². The Hall–Kier alpha value is -1.41. The Kier molecular flexibility index (Phi) is 1.78. The average Bonchev–Trinajstić information content (AvgIpc) is 2.53. The average molecular weight is 239 g/mol. The van der Waals surface area contributed by atoms with Crippen LogP contribution in [0, 0.1) is 11.3 Å². The van der Waals surface area contributed by atoms with Crippen LogP contribution in [0.2, 0.25) is 0 Å². The standard InChI is InChI=1S/C8H7BrN4/c9-13-4-6-5(1-2-12-6)8(11)7(13)3-10/h1-2,12H,4,11H2. The maximum absolute atomic E-state index is 8.83. The SMILES string of the molecule is N#CC1=C(N)c2cc[nH]c2CN1Br. The van der Waals surface area contributed by atoms with Crippen LogP contribution in [0.5, 0.6) is 0 Å². The molecule has 2 heterocycles. The molecule has 0 fully saturated rings. The summed E-state index contributed by atoms with van der Waals surface area (Å²) in [6, 6.07) is 3.93. The molecule has 0 radical (unpaired) electrons. The third-order valence-corrected chi connectivity index (χ3v) is 2.63. The summed E-state index contributed by atoms with van der Waals surface area (Å²) in [6.07, 6.45) is 1.82. The minimum atomic E-state index is 0.465. The zero-order chi connectivity index (χ0) is 9.42. The Morgan fingerprint density at radius 1 is 1.69 bits per heavy atom. The normalized spacial score (nSPS) is 15.5. The predicted octanol–water partition coefficient (Wildman–Crippen LogP) is 1.29. The molecule has 1 aromatic rings. The molecule has 2 rings (SSSR count). The number of nitrogens with zero attached hydrogens (tertiary/aromatic N) is 2. The largest absolute Gasteiger partial charge is 0.396 e. The Balaban J connectivity index is 2.61. The Bertz CT molecular complexity index is 412. The topological polar surface area (TPSA) is 68.8 Å². The summed E-state index contributed by atoms with van der Waals surface area (Å²) < 4.78 is 1.65. The van der Waals surface area contributed by atoms with Crippen molar-refractivity contribution in [1.82, 2.24) is 8.91 Å². The minimum absolute atomic E-state index is 0.465. The first kappa shape index (κ1) is 8.20. The van der Waals surface area contributed by atoms with Gasteiger partial charge in [-0.25, -0.2) is 0 Å². The van der Waals surface area contributed by atoms with Gasteiger partial charge in [0, 0.05) is 17.5 Å². The van der Waals surface area contributed by atoms with Crippen molar-refractivity contribution in [2.45, 2.75) is 6.54 Å². The number of fused-ring (bicyclic) bond motifs is 1. The van der Waals surface area contributed by atoms with E-state index in [1.807, 2.05) is 12.3 Å². The van der Waals surface area contributed by atoms with Gasteiger partial charge in [-0.2, -0.15) is 5.26 Å². The van der Waals surface area contributed by atoms with Crippen molar-refractivity contribution in [2.24, 2.45) is 5.73 Å². The molecule has 13 heavy (non-hydrogen) atoms. The van der Waals surface area contributed by atoms with Gasteiger partial charge in [0.2, 0.25) is 0 Å². The van der Waals surface area contributed by atoms with Crippen LogP contribution in [-0.2, 0) is 6.54 Å². The number of allylic oxidation sites excluding steroid dienone is 1. The lowest BCUT2D eigenvalue weighted by Crippen LogP contribution is -2.20. The van der Waals surface area contributed by atoms with Crippen molar-refractivity contribution in [3.63, 3.8) is 0 Å². The molecule has 4 nitrogen and oxygen atoms in total. The molecule has 0 saturated carbocycles. The lowest BCUT2D eigenvalue weighted by Gasteiger charge is -2.22. The fraction of sp³-hybridized carbons (Fsp3) is 0.125. The van der Waals surface area contributed by atoms with Gasteiger partial charge in [-0.15, -0.1) is 0 Å². The zero-order valence-electron chi connectivity index (χ0n) is 6.71. The van der Waals surface area contributed by atoms with Crippen LogP contribution in [-0.4, -0.2) is 8.91 Å². The number of hydrogen-bond donors (Lipinski definition) is 2. The molecular formula is C8H7BrN4. The quantitative estimate of drug-likeness (QED) is 0.670. The first-order valence-electron chi connectivity index (χ1n) is 3.74. The summed E-state index contributed by atoms with van der Waals surface area (Å²) in [7, 11) is 0. The molecule has 0 atom stereocenters. The highest BCUT2D eigenvalue weighted by Crippen LogP contribution is 2.29. The van der Waals surface area contributed by atoms with Crippen LogP contribution in [0.15, 0.2) is 18.0 Å². The number of nitrogens with one attached hydrogen (secondary N) is 1. The molecule has 0 aliphatic carbocycles. The molecule has 0 bridgehead atoms. The highest BCUT2D eigenvalue weighted by molar-refractivity contribution is 9.07. The molecule has 0 saturated heterocycles. The first-order chi connectivity index (χ1) is 6.24. The molecule has 0 unspecified atom stereocenters. The zero-order valence-corrected chi connectivity index (χ0v) is 8.30. The summed E-state index contributed by atoms with van der Waals surface area (Å²) in [6.45, 7) is 0.631. The number of nitriles is 1. The van der Waals surface area contributed by atoms with Gasteiger partial charge >= 0.3 is 0 Å². The van der Waals surface area contributed by atoms with Gasteiger partial charge < -0.3 is 10.7 Å². The summed E-state index contributed by atoms with van der Waals surface area (Å²) >= 11 is 3.26. The van der Waals surface area contributed by atoms with Crippen LogP contribution in [0.25, 0.3) is 5.70 Å². The number of aromatic nitrogens is 1. The second-order valence-corrected chi connectivity index (χ2v) is 3.62. The van der Waals surface area contributed by atoms with Crippen molar-refractivity contribution >= 4 is 21.8 Å². The number of hydrogen-bond acceptors (Lipinski definition) is 3. The van der Waals surface area contributed by atoms with E-state index < -0.39 is 0 Å². The molecule has 0 aromatic carbocycles. The summed E-state index contributed by atoms with van der Waals surface area (Å²) in [5.41, 5.74) is 8.73. The number of H-pyrrole nitrogens is 1. The van der Waals surface area contributed by atoms with E-state index in [1.165, 1.54) is 0 Å². The summed E-state index contributed by atoms with van der Waals surface area (Å²) in [4.78, 5) is 3.07. The maximum Gasteiger partial charge on any atom is 0.150 e. The van der Waals surface area contributed by atoms with Gasteiger partial charge in [0.25, 0.3) is 0 Å². The van der Waals surface area contributed by atoms with Crippen LogP contribution in [0.1, 0.15) is 11.3 Å². The first-order valence-corrected chi connectivity index (χ1v) is 4.44. The van der Waals surface area contributed by atoms with E-state index in [1.54, 1.807) is 3.93 Å². The molecule has 5 heteroatoms. The molecule has 1 aliphatic rings. The van der Waals surface area contributed by atoms with Crippen LogP contribution >= 0.6 is 16.1 Å². The van der Waals surface area contributed by atoms with E-state index in [-0.39, 0.29) is 0 Å². The van der Waals surface area contributed by atoms with E-state index in [0.717, 1.165) is 11.3 Å². The smallest absolute Gasteiger partial charge is 0.150 e. The number of halogens is 1. The highest BCUT2D eigenvalue weighted by atomic mass is 79.9. The number of aromatic amines is 1. The van der Waals surface area contributed by atoms with Crippen LogP contribution in [0.3, 0.4) is 0 Å². The second kappa shape index (κ2) is 2.82. The van der Waals surface area contributed by atoms with E-state index in [0.29, 0.717) is 17.9 Å². The second-order valence-electron chi connectivity index (χ2n) is 2.76. The van der Waals surface area contributed by atoms with Crippen molar-refractivity contribution in [1.29, 1.82) is 5.26 Å². The van der Waals surface area contributed by atoms with Crippen molar-refractivity contribution < 1.29 is 0 Å². The highest BCUT2D eigenvalue weighted by Gasteiger charge is 2.22. The maximum atomic E-state index is 8.83. The van der Waals surface area contributed by atoms with Gasteiger partial charge in [-0.05, 0) is 6.07 Å². The molecule has 0 spiro atoms. The predicted molar refractivity (Wildman–Crippen MR) is 52.0 cm³/mol. The molecular weight excluding hydrogens is 232 g/mol. The van der Waals surface area contributed by atoms with E-state index in [2.05, 4.69) is 27.2 Å². The third kappa shape index (κ3) is 1.11. The Morgan fingerprint density at radius 3 is 3.15 bits per heavy atom. The van der Waals surface area contributed by atoms with Gasteiger partial charge in [0.05, 0.1) is 28.4 Å². The van der Waals surface area contributed by atoms with Crippen molar-refractivity contribution in [2.75, 3.05) is 0 Å². The van der Waals surface area contributed by atoms with Gasteiger partial charge in [0.15, 0.2) is 0 Å². The van der Waals surface area contributed by atoms with E-state index in [4.69, 9.17) is 11.0 Å². The summed E-state index contributed by atoms with van der Waals surface area (Å²) in [5, 5.41) is 8.83. The molecule has 66 valence electrons. The fourth-order valence-electron chi connectivity index (χ4n) is 1.38. The van der Waals surface area contributed by atoms with E-state index >= 15 is 0 Å². The monoisotopic (exact) mass is 238 g/mol. The number of rotatable bonds is 0. The van der Waals surface area contributed by atoms with Crippen LogP contribution < -0.4 is 5.73 Å². The summed E-state index contributed by atoms with van der Waals surface area (Å²) in [5.74, 6) is 0. The lowest BCUT2D eigenvalue weighted by atomic mass is 10.1. The number of nitrogens with two attached hydrogens (primary N) is 1. The fourth-order valence-corrected chi connectivity index (χ4v) is 1.90. The third-order valence-electron chi connectivity index (χ3n) is 2.02. The molecule has 0 amide bonds. The molecule has 3 N–H and O–H groups in total.